The maximum Gasteiger partial charge on any atom is 0.407 e. The molecule has 1 aromatic rings. The van der Waals surface area contributed by atoms with Gasteiger partial charge >= 0.3 is 12.1 Å². The first-order valence-corrected chi connectivity index (χ1v) is 9.70. The Hall–Kier alpha value is -2.57. The van der Waals surface area contributed by atoms with E-state index in [9.17, 15) is 14.4 Å². The lowest BCUT2D eigenvalue weighted by atomic mass is 9.87. The molecule has 0 aromatic heterocycles. The lowest BCUT2D eigenvalue weighted by Crippen LogP contribution is -2.39. The predicted octanol–water partition coefficient (Wildman–Crippen LogP) is 3.03. The zero-order chi connectivity index (χ0) is 20.7. The molecule has 154 valence electrons. The third-order valence-electron chi connectivity index (χ3n) is 4.36. The molecule has 2 rings (SSSR count). The summed E-state index contributed by atoms with van der Waals surface area (Å²) < 4.78 is 10.3. The van der Waals surface area contributed by atoms with Gasteiger partial charge < -0.3 is 20.1 Å². The van der Waals surface area contributed by atoms with E-state index in [1.807, 2.05) is 18.2 Å². The molecule has 0 aliphatic heterocycles. The van der Waals surface area contributed by atoms with Crippen molar-refractivity contribution in [2.24, 2.45) is 0 Å². The van der Waals surface area contributed by atoms with E-state index in [2.05, 4.69) is 16.7 Å². The number of hydrogen-bond donors (Lipinski definition) is 2. The van der Waals surface area contributed by atoms with E-state index in [1.165, 1.54) is 5.56 Å². The van der Waals surface area contributed by atoms with E-state index in [-0.39, 0.29) is 24.9 Å². The van der Waals surface area contributed by atoms with Crippen LogP contribution in [-0.2, 0) is 25.5 Å². The summed E-state index contributed by atoms with van der Waals surface area (Å²) in [5, 5.41) is 5.46. The van der Waals surface area contributed by atoms with Crippen molar-refractivity contribution >= 4 is 18.0 Å². The zero-order valence-corrected chi connectivity index (χ0v) is 17.0. The van der Waals surface area contributed by atoms with Gasteiger partial charge in [0.1, 0.15) is 5.60 Å². The molecule has 7 heteroatoms. The van der Waals surface area contributed by atoms with Crippen molar-refractivity contribution in [2.75, 3.05) is 6.54 Å². The van der Waals surface area contributed by atoms with E-state index < -0.39 is 23.8 Å². The minimum atomic E-state index is -0.900. The molecule has 0 heterocycles. The van der Waals surface area contributed by atoms with Crippen LogP contribution in [0.25, 0.3) is 0 Å². The second-order valence-corrected chi connectivity index (χ2v) is 7.96. The summed E-state index contributed by atoms with van der Waals surface area (Å²) in [7, 11) is 0. The molecule has 0 fully saturated rings. The van der Waals surface area contributed by atoms with Crippen LogP contribution in [0.5, 0.6) is 0 Å². The van der Waals surface area contributed by atoms with Gasteiger partial charge in [-0.1, -0.05) is 24.3 Å². The van der Waals surface area contributed by atoms with Crippen molar-refractivity contribution < 1.29 is 23.9 Å². The van der Waals surface area contributed by atoms with Gasteiger partial charge in [-0.25, -0.2) is 4.79 Å². The highest BCUT2D eigenvalue weighted by Gasteiger charge is 2.25. The maximum absolute atomic E-state index is 12.4. The molecule has 0 saturated carbocycles. The molecule has 2 N–H and O–H groups in total. The number of amides is 2. The minimum absolute atomic E-state index is 0.0386. The van der Waals surface area contributed by atoms with Gasteiger partial charge in [0.25, 0.3) is 5.91 Å². The average Bonchev–Trinajstić information content (AvgIpc) is 2.60. The third kappa shape index (κ3) is 6.87. The largest absolute Gasteiger partial charge is 0.452 e. The molecule has 0 spiro atoms. The molecule has 2 atom stereocenters. The van der Waals surface area contributed by atoms with Crippen molar-refractivity contribution in [3.05, 3.63) is 35.4 Å². The Morgan fingerprint density at radius 1 is 1.21 bits per heavy atom. The van der Waals surface area contributed by atoms with Crippen LogP contribution in [-0.4, -0.2) is 36.2 Å². The standard InChI is InChI=1S/C21H30N2O5/c1-14(27-18(24)12-13-22-20(26)28-21(2,3)4)19(25)23-17-11-7-9-15-8-5-6-10-16(15)17/h5-6,8,10,14,17H,7,9,11-13H2,1-4H3,(H,22,26)(H,23,25)/t14-,17-/m1/s1. The van der Waals surface area contributed by atoms with Gasteiger partial charge in [-0.2, -0.15) is 0 Å². The number of benzene rings is 1. The van der Waals surface area contributed by atoms with Gasteiger partial charge in [-0.05, 0) is 58.1 Å². The first kappa shape index (κ1) is 21.7. The molecule has 0 saturated heterocycles. The Morgan fingerprint density at radius 2 is 1.93 bits per heavy atom. The molecule has 0 bridgehead atoms. The molecule has 2 amide bonds. The van der Waals surface area contributed by atoms with Gasteiger partial charge in [-0.3, -0.25) is 9.59 Å². The number of alkyl carbamates (subject to hydrolysis) is 1. The molecule has 1 aliphatic rings. The van der Waals surface area contributed by atoms with Crippen molar-refractivity contribution in [1.29, 1.82) is 0 Å². The first-order valence-electron chi connectivity index (χ1n) is 9.70. The van der Waals surface area contributed by atoms with E-state index in [0.29, 0.717) is 0 Å². The highest BCUT2D eigenvalue weighted by atomic mass is 16.6. The minimum Gasteiger partial charge on any atom is -0.452 e. The molecule has 1 aliphatic carbocycles. The average molecular weight is 390 g/mol. The fourth-order valence-corrected chi connectivity index (χ4v) is 3.08. The number of nitrogens with one attached hydrogen (secondary N) is 2. The van der Waals surface area contributed by atoms with Crippen LogP contribution < -0.4 is 10.6 Å². The summed E-state index contributed by atoms with van der Waals surface area (Å²) in [6, 6.07) is 8.00. The molecular formula is C21H30N2O5. The lowest BCUT2D eigenvalue weighted by Gasteiger charge is -2.27. The predicted molar refractivity (Wildman–Crippen MR) is 105 cm³/mol. The van der Waals surface area contributed by atoms with Gasteiger partial charge in [0.2, 0.25) is 0 Å². The Labute approximate surface area is 166 Å². The van der Waals surface area contributed by atoms with Crippen LogP contribution in [0.2, 0.25) is 0 Å². The SMILES string of the molecule is C[C@@H](OC(=O)CCNC(=O)OC(C)(C)C)C(=O)N[C@@H]1CCCc2ccccc21. The summed E-state index contributed by atoms with van der Waals surface area (Å²) in [5.74, 6) is -0.877. The zero-order valence-electron chi connectivity index (χ0n) is 17.0. The van der Waals surface area contributed by atoms with E-state index >= 15 is 0 Å². The van der Waals surface area contributed by atoms with Crippen molar-refractivity contribution in [1.82, 2.24) is 10.6 Å². The van der Waals surface area contributed by atoms with Gasteiger partial charge in [0, 0.05) is 6.54 Å². The number of aryl methyl sites for hydroxylation is 1. The maximum atomic E-state index is 12.4. The van der Waals surface area contributed by atoms with Crippen molar-refractivity contribution in [3.63, 3.8) is 0 Å². The number of carbonyl (C=O) groups excluding carboxylic acids is 3. The van der Waals surface area contributed by atoms with Crippen LogP contribution in [0.3, 0.4) is 0 Å². The lowest BCUT2D eigenvalue weighted by molar-refractivity contribution is -0.155. The molecular weight excluding hydrogens is 360 g/mol. The highest BCUT2D eigenvalue weighted by molar-refractivity contribution is 5.84. The molecule has 0 unspecified atom stereocenters. The summed E-state index contributed by atoms with van der Waals surface area (Å²) in [6.45, 7) is 6.89. The van der Waals surface area contributed by atoms with E-state index in [1.54, 1.807) is 27.7 Å². The number of esters is 1. The summed E-state index contributed by atoms with van der Waals surface area (Å²) in [5.41, 5.74) is 1.77. The monoisotopic (exact) mass is 390 g/mol. The molecule has 28 heavy (non-hydrogen) atoms. The fourth-order valence-electron chi connectivity index (χ4n) is 3.08. The topological polar surface area (TPSA) is 93.7 Å². The van der Waals surface area contributed by atoms with Crippen LogP contribution in [0.4, 0.5) is 4.79 Å². The Balaban J connectivity index is 1.75. The fraction of sp³-hybridized carbons (Fsp3) is 0.571. The Morgan fingerprint density at radius 3 is 2.64 bits per heavy atom. The molecule has 0 radical (unpaired) electrons. The quantitative estimate of drug-likeness (QED) is 0.728. The number of rotatable bonds is 6. The number of hydrogen-bond acceptors (Lipinski definition) is 5. The summed E-state index contributed by atoms with van der Waals surface area (Å²) in [6.07, 6.45) is 1.35. The van der Waals surface area contributed by atoms with E-state index in [0.717, 1.165) is 24.8 Å². The normalized spacial score (nSPS) is 17.1. The number of fused-ring (bicyclic) bond motifs is 1. The van der Waals surface area contributed by atoms with Crippen molar-refractivity contribution in [3.8, 4) is 0 Å². The second kappa shape index (κ2) is 9.57. The Bertz CT molecular complexity index is 711. The van der Waals surface area contributed by atoms with Gasteiger partial charge in [0.15, 0.2) is 6.10 Å². The van der Waals surface area contributed by atoms with Crippen LogP contribution in [0, 0.1) is 0 Å². The molecule has 1 aromatic carbocycles. The van der Waals surface area contributed by atoms with Gasteiger partial charge in [0.05, 0.1) is 12.5 Å². The smallest absolute Gasteiger partial charge is 0.407 e. The first-order chi connectivity index (χ1) is 13.2. The number of ether oxygens (including phenoxy) is 2. The number of carbonyl (C=O) groups is 3. The second-order valence-electron chi connectivity index (χ2n) is 7.96. The highest BCUT2D eigenvalue weighted by Crippen LogP contribution is 2.29. The Kier molecular flexibility index (Phi) is 7.43. The van der Waals surface area contributed by atoms with Crippen LogP contribution >= 0.6 is 0 Å². The van der Waals surface area contributed by atoms with Crippen LogP contribution in [0.15, 0.2) is 24.3 Å². The van der Waals surface area contributed by atoms with Crippen molar-refractivity contribution in [2.45, 2.75) is 71.1 Å². The van der Waals surface area contributed by atoms with Crippen LogP contribution in [0.1, 0.15) is 64.1 Å². The summed E-state index contributed by atoms with van der Waals surface area (Å²) in [4.78, 5) is 35.9. The van der Waals surface area contributed by atoms with Gasteiger partial charge in [-0.15, -0.1) is 0 Å². The molecule has 7 nitrogen and oxygen atoms in total. The third-order valence-corrected chi connectivity index (χ3v) is 4.36. The summed E-state index contributed by atoms with van der Waals surface area (Å²) >= 11 is 0. The van der Waals surface area contributed by atoms with E-state index in [4.69, 9.17) is 9.47 Å².